The molecular weight excluding hydrogens is 194 g/mol. The lowest BCUT2D eigenvalue weighted by molar-refractivity contribution is -0.131. The molecule has 0 saturated carbocycles. The minimum Gasteiger partial charge on any atom is -0.343 e. The maximum absolute atomic E-state index is 11.7. The SMILES string of the molecule is CCCCN(CC)C(=O)CCCSC. The number of thioether (sulfide) groups is 1. The number of hydrogen-bond donors (Lipinski definition) is 0. The summed E-state index contributed by atoms with van der Waals surface area (Å²) in [5.74, 6) is 1.42. The summed E-state index contributed by atoms with van der Waals surface area (Å²) in [6.07, 6.45) is 6.11. The maximum Gasteiger partial charge on any atom is 0.222 e. The summed E-state index contributed by atoms with van der Waals surface area (Å²) in [5, 5.41) is 0. The lowest BCUT2D eigenvalue weighted by Gasteiger charge is -2.20. The van der Waals surface area contributed by atoms with Crippen LogP contribution in [0.2, 0.25) is 0 Å². The molecule has 0 aromatic heterocycles. The molecule has 14 heavy (non-hydrogen) atoms. The molecule has 0 spiro atoms. The van der Waals surface area contributed by atoms with E-state index in [0.717, 1.165) is 44.5 Å². The Morgan fingerprint density at radius 1 is 1.29 bits per heavy atom. The fourth-order valence-electron chi connectivity index (χ4n) is 1.33. The predicted molar refractivity (Wildman–Crippen MR) is 64.8 cm³/mol. The molecular formula is C11H23NOS. The van der Waals surface area contributed by atoms with Gasteiger partial charge in [0.15, 0.2) is 0 Å². The third-order valence-corrected chi connectivity index (χ3v) is 2.95. The highest BCUT2D eigenvalue weighted by atomic mass is 32.2. The molecule has 0 atom stereocenters. The first-order chi connectivity index (χ1) is 6.76. The molecule has 0 aromatic carbocycles. The van der Waals surface area contributed by atoms with Gasteiger partial charge in [0.1, 0.15) is 0 Å². The molecule has 0 aliphatic rings. The van der Waals surface area contributed by atoms with Crippen molar-refractivity contribution in [2.75, 3.05) is 25.1 Å². The Bertz CT molecular complexity index is 150. The van der Waals surface area contributed by atoms with E-state index in [1.807, 2.05) is 16.7 Å². The van der Waals surface area contributed by atoms with E-state index in [1.54, 1.807) is 0 Å². The van der Waals surface area contributed by atoms with E-state index < -0.39 is 0 Å². The van der Waals surface area contributed by atoms with Crippen LogP contribution in [0, 0.1) is 0 Å². The van der Waals surface area contributed by atoms with Gasteiger partial charge in [0.25, 0.3) is 0 Å². The number of carbonyl (C=O) groups excluding carboxylic acids is 1. The topological polar surface area (TPSA) is 20.3 Å². The van der Waals surface area contributed by atoms with Crippen molar-refractivity contribution in [3.05, 3.63) is 0 Å². The van der Waals surface area contributed by atoms with Crippen molar-refractivity contribution in [2.45, 2.75) is 39.5 Å². The van der Waals surface area contributed by atoms with Crippen LogP contribution < -0.4 is 0 Å². The number of nitrogens with zero attached hydrogens (tertiary/aromatic N) is 1. The zero-order valence-electron chi connectivity index (χ0n) is 9.71. The van der Waals surface area contributed by atoms with E-state index in [4.69, 9.17) is 0 Å². The molecule has 0 bridgehead atoms. The van der Waals surface area contributed by atoms with E-state index in [9.17, 15) is 4.79 Å². The minimum absolute atomic E-state index is 0.329. The van der Waals surface area contributed by atoms with E-state index >= 15 is 0 Å². The number of hydrogen-bond acceptors (Lipinski definition) is 2. The first-order valence-corrected chi connectivity index (χ1v) is 6.92. The van der Waals surface area contributed by atoms with Crippen molar-refractivity contribution in [2.24, 2.45) is 0 Å². The average Bonchev–Trinajstić information content (AvgIpc) is 2.19. The van der Waals surface area contributed by atoms with E-state index in [1.165, 1.54) is 0 Å². The quantitative estimate of drug-likeness (QED) is 0.583. The molecule has 0 unspecified atom stereocenters. The molecule has 0 rings (SSSR count). The van der Waals surface area contributed by atoms with Gasteiger partial charge in [-0.3, -0.25) is 4.79 Å². The normalized spacial score (nSPS) is 10.2. The standard InChI is InChI=1S/C11H23NOS/c1-4-6-9-12(5-2)11(13)8-7-10-14-3/h4-10H2,1-3H3. The molecule has 2 nitrogen and oxygen atoms in total. The third-order valence-electron chi connectivity index (χ3n) is 2.26. The summed E-state index contributed by atoms with van der Waals surface area (Å²) in [7, 11) is 0. The van der Waals surface area contributed by atoms with Gasteiger partial charge in [-0.25, -0.2) is 0 Å². The summed E-state index contributed by atoms with van der Waals surface area (Å²) < 4.78 is 0. The largest absolute Gasteiger partial charge is 0.343 e. The van der Waals surface area contributed by atoms with Gasteiger partial charge in [-0.05, 0) is 31.8 Å². The summed E-state index contributed by atoms with van der Waals surface area (Å²) in [6, 6.07) is 0. The highest BCUT2D eigenvalue weighted by Crippen LogP contribution is 2.04. The van der Waals surface area contributed by atoms with Gasteiger partial charge in [-0.1, -0.05) is 13.3 Å². The Morgan fingerprint density at radius 3 is 2.50 bits per heavy atom. The number of rotatable bonds is 8. The first kappa shape index (κ1) is 13.8. The van der Waals surface area contributed by atoms with Crippen LogP contribution in [0.3, 0.4) is 0 Å². The summed E-state index contributed by atoms with van der Waals surface area (Å²) in [6.45, 7) is 6.01. The maximum atomic E-state index is 11.7. The van der Waals surface area contributed by atoms with E-state index in [-0.39, 0.29) is 0 Å². The Kier molecular flexibility index (Phi) is 9.26. The molecule has 0 aliphatic carbocycles. The number of amides is 1. The average molecular weight is 217 g/mol. The van der Waals surface area contributed by atoms with E-state index in [0.29, 0.717) is 5.91 Å². The summed E-state index contributed by atoms with van der Waals surface area (Å²) in [5.41, 5.74) is 0. The van der Waals surface area contributed by atoms with Crippen molar-refractivity contribution < 1.29 is 4.79 Å². The minimum atomic E-state index is 0.329. The monoisotopic (exact) mass is 217 g/mol. The Labute approximate surface area is 92.4 Å². The molecule has 0 aliphatic heterocycles. The van der Waals surface area contributed by atoms with Crippen molar-refractivity contribution in [1.82, 2.24) is 4.90 Å². The van der Waals surface area contributed by atoms with Crippen LogP contribution in [0.1, 0.15) is 39.5 Å². The van der Waals surface area contributed by atoms with Crippen LogP contribution in [0.4, 0.5) is 0 Å². The van der Waals surface area contributed by atoms with Gasteiger partial charge < -0.3 is 4.90 Å². The molecule has 84 valence electrons. The lowest BCUT2D eigenvalue weighted by atomic mass is 10.2. The Morgan fingerprint density at radius 2 is 2.00 bits per heavy atom. The molecule has 1 amide bonds. The van der Waals surface area contributed by atoms with Gasteiger partial charge >= 0.3 is 0 Å². The Balaban J connectivity index is 3.67. The second-order valence-corrected chi connectivity index (χ2v) is 4.41. The van der Waals surface area contributed by atoms with Crippen molar-refractivity contribution in [1.29, 1.82) is 0 Å². The van der Waals surface area contributed by atoms with Crippen LogP contribution >= 0.6 is 11.8 Å². The van der Waals surface area contributed by atoms with Crippen LogP contribution in [-0.4, -0.2) is 35.9 Å². The van der Waals surface area contributed by atoms with Gasteiger partial charge in [0.05, 0.1) is 0 Å². The summed E-state index contributed by atoms with van der Waals surface area (Å²) >= 11 is 1.81. The predicted octanol–water partition coefficient (Wildman–Crippen LogP) is 2.78. The zero-order chi connectivity index (χ0) is 10.8. The highest BCUT2D eigenvalue weighted by molar-refractivity contribution is 7.98. The van der Waals surface area contributed by atoms with Crippen LogP contribution in [0.25, 0.3) is 0 Å². The second-order valence-electron chi connectivity index (χ2n) is 3.42. The fraction of sp³-hybridized carbons (Fsp3) is 0.909. The van der Waals surface area contributed by atoms with Gasteiger partial charge in [-0.2, -0.15) is 11.8 Å². The first-order valence-electron chi connectivity index (χ1n) is 5.52. The highest BCUT2D eigenvalue weighted by Gasteiger charge is 2.09. The molecule has 0 aromatic rings. The number of carbonyl (C=O) groups is 1. The molecule has 0 radical (unpaired) electrons. The van der Waals surface area contributed by atoms with Gasteiger partial charge in [-0.15, -0.1) is 0 Å². The van der Waals surface area contributed by atoms with Crippen LogP contribution in [0.15, 0.2) is 0 Å². The fourth-order valence-corrected chi connectivity index (χ4v) is 1.77. The van der Waals surface area contributed by atoms with Crippen LogP contribution in [-0.2, 0) is 4.79 Å². The number of unbranched alkanes of at least 4 members (excludes halogenated alkanes) is 1. The van der Waals surface area contributed by atoms with Crippen LogP contribution in [0.5, 0.6) is 0 Å². The van der Waals surface area contributed by atoms with Crippen molar-refractivity contribution in [3.8, 4) is 0 Å². The molecule has 0 saturated heterocycles. The molecule has 0 heterocycles. The molecule has 0 N–H and O–H groups in total. The molecule has 0 fully saturated rings. The third kappa shape index (κ3) is 6.30. The van der Waals surface area contributed by atoms with Crippen molar-refractivity contribution >= 4 is 17.7 Å². The zero-order valence-corrected chi connectivity index (χ0v) is 10.5. The van der Waals surface area contributed by atoms with Crippen molar-refractivity contribution in [3.63, 3.8) is 0 Å². The Hall–Kier alpha value is -0.180. The smallest absolute Gasteiger partial charge is 0.222 e. The van der Waals surface area contributed by atoms with E-state index in [2.05, 4.69) is 20.1 Å². The second kappa shape index (κ2) is 9.38. The lowest BCUT2D eigenvalue weighted by Crippen LogP contribution is -2.31. The van der Waals surface area contributed by atoms with Gasteiger partial charge in [0.2, 0.25) is 5.91 Å². The summed E-state index contributed by atoms with van der Waals surface area (Å²) in [4.78, 5) is 13.6. The van der Waals surface area contributed by atoms with Gasteiger partial charge in [0, 0.05) is 19.5 Å². The molecule has 3 heteroatoms.